The molecule has 0 bridgehead atoms. The molecule has 3 heterocycles. The van der Waals surface area contributed by atoms with Gasteiger partial charge in [0, 0.05) is 5.56 Å². The van der Waals surface area contributed by atoms with Crippen LogP contribution in [0.15, 0.2) is 57.7 Å². The number of rotatable bonds is 11. The van der Waals surface area contributed by atoms with E-state index in [1.54, 1.807) is 19.1 Å². The van der Waals surface area contributed by atoms with Crippen molar-refractivity contribution in [3.63, 3.8) is 0 Å². The second-order valence-corrected chi connectivity index (χ2v) is 12.7. The van der Waals surface area contributed by atoms with Gasteiger partial charge in [-0.2, -0.15) is 0 Å². The molecule has 0 saturated carbocycles. The van der Waals surface area contributed by atoms with E-state index >= 15 is 0 Å². The van der Waals surface area contributed by atoms with Gasteiger partial charge in [0.1, 0.15) is 11.5 Å². The molecule has 6 rings (SSSR count). The number of hydrogen-bond acceptors (Lipinski definition) is 9. The van der Waals surface area contributed by atoms with Crippen LogP contribution in [0.3, 0.4) is 0 Å². The van der Waals surface area contributed by atoms with E-state index < -0.39 is 46.5 Å². The van der Waals surface area contributed by atoms with Gasteiger partial charge >= 0.3 is 5.97 Å². The summed E-state index contributed by atoms with van der Waals surface area (Å²) in [5.41, 5.74) is -1.66. The molecule has 12 heteroatoms. The summed E-state index contributed by atoms with van der Waals surface area (Å²) < 4.78 is 11.5. The number of esters is 1. The summed E-state index contributed by atoms with van der Waals surface area (Å²) in [6.45, 7) is 7.01. The minimum absolute atomic E-state index is 0.0386. The van der Waals surface area contributed by atoms with E-state index in [2.05, 4.69) is 10.6 Å². The fourth-order valence-corrected chi connectivity index (χ4v) is 6.80. The highest BCUT2D eigenvalue weighted by Gasteiger charge is 2.49. The van der Waals surface area contributed by atoms with Gasteiger partial charge < -0.3 is 19.8 Å². The van der Waals surface area contributed by atoms with Crippen LogP contribution >= 0.6 is 0 Å². The molecule has 258 valence electrons. The zero-order valence-electron chi connectivity index (χ0n) is 28.3. The number of amides is 4. The summed E-state index contributed by atoms with van der Waals surface area (Å²) in [7, 11) is 0. The number of nitrogens with zero attached hydrogens (tertiary/aromatic N) is 1. The summed E-state index contributed by atoms with van der Waals surface area (Å²) in [6, 6.07) is 10.4. The van der Waals surface area contributed by atoms with E-state index in [1.165, 1.54) is 43.3 Å². The molecule has 1 atom stereocenters. The lowest BCUT2D eigenvalue weighted by atomic mass is 9.69. The third-order valence-corrected chi connectivity index (χ3v) is 9.57. The largest absolute Gasteiger partial charge is 0.462 e. The first-order valence-corrected chi connectivity index (χ1v) is 16.9. The van der Waals surface area contributed by atoms with Gasteiger partial charge in [-0.15, -0.1) is 0 Å². The Morgan fingerprint density at radius 3 is 2.10 bits per heavy atom. The number of ether oxygens (including phenoxy) is 1. The number of anilines is 2. The van der Waals surface area contributed by atoms with Crippen LogP contribution in [0.25, 0.3) is 21.9 Å². The Kier molecular flexibility index (Phi) is 9.13. The van der Waals surface area contributed by atoms with Crippen LogP contribution in [0, 0.1) is 5.41 Å². The molecule has 0 fully saturated rings. The average Bonchev–Trinajstić information content (AvgIpc) is 3.36. The highest BCUT2D eigenvalue weighted by molar-refractivity contribution is 6.27. The van der Waals surface area contributed by atoms with Crippen LogP contribution in [0.1, 0.15) is 108 Å². The molecular weight excluding hydrogens is 642 g/mol. The second kappa shape index (κ2) is 13.3. The fourth-order valence-electron chi connectivity index (χ4n) is 6.80. The lowest BCUT2D eigenvalue weighted by Crippen LogP contribution is -2.47. The second-order valence-electron chi connectivity index (χ2n) is 12.7. The first kappa shape index (κ1) is 34.2. The predicted octanol–water partition coefficient (Wildman–Crippen LogP) is 6.25. The number of fused-ring (bicyclic) bond motifs is 5. The van der Waals surface area contributed by atoms with Crippen LogP contribution in [0.2, 0.25) is 0 Å². The fraction of sp³-hybridized carbons (Fsp3) is 0.342. The Bertz CT molecular complexity index is 2140. The zero-order chi connectivity index (χ0) is 35.9. The summed E-state index contributed by atoms with van der Waals surface area (Å²) in [4.78, 5) is 95.7. The monoisotopic (exact) mass is 679 g/mol. The third-order valence-electron chi connectivity index (χ3n) is 9.57. The minimum atomic E-state index is -1.31. The molecule has 2 N–H and O–H groups in total. The molecular formula is C38H37N3O9. The lowest BCUT2D eigenvalue weighted by Gasteiger charge is -2.35. The van der Waals surface area contributed by atoms with Gasteiger partial charge in [0.05, 0.1) is 45.4 Å². The van der Waals surface area contributed by atoms with Gasteiger partial charge in [0.25, 0.3) is 11.8 Å². The molecule has 1 aromatic heterocycles. The molecule has 0 radical (unpaired) electrons. The van der Waals surface area contributed by atoms with Gasteiger partial charge in [-0.25, -0.2) is 4.79 Å². The van der Waals surface area contributed by atoms with Crippen molar-refractivity contribution in [3.05, 3.63) is 81.0 Å². The summed E-state index contributed by atoms with van der Waals surface area (Å²) >= 11 is 0. The number of hydrogen-bond donors (Lipinski definition) is 2. The van der Waals surface area contributed by atoms with E-state index in [0.29, 0.717) is 25.7 Å². The number of Topliss-reactive ketones (excluding diaryl/α,β-unsaturated/α-hetero) is 1. The number of nitrogens with one attached hydrogen (secondary N) is 2. The Hall–Kier alpha value is -5.65. The van der Waals surface area contributed by atoms with Crippen molar-refractivity contribution in [2.24, 2.45) is 5.41 Å². The average molecular weight is 680 g/mol. The number of ketones is 1. The lowest BCUT2D eigenvalue weighted by molar-refractivity contribution is -0.124. The molecule has 2 aliphatic rings. The van der Waals surface area contributed by atoms with Crippen molar-refractivity contribution in [3.8, 4) is 0 Å². The van der Waals surface area contributed by atoms with Crippen LogP contribution in [0.5, 0.6) is 0 Å². The van der Waals surface area contributed by atoms with E-state index in [1.807, 2.05) is 13.8 Å². The number of carbonyl (C=O) groups is 6. The molecule has 12 nitrogen and oxygen atoms in total. The van der Waals surface area contributed by atoms with Crippen molar-refractivity contribution >= 4 is 68.7 Å². The third kappa shape index (κ3) is 5.44. The molecule has 4 aromatic rings. The highest BCUT2D eigenvalue weighted by atomic mass is 16.5. The Morgan fingerprint density at radius 2 is 1.50 bits per heavy atom. The zero-order valence-corrected chi connectivity index (χ0v) is 28.3. The molecule has 0 aliphatic carbocycles. The van der Waals surface area contributed by atoms with E-state index in [-0.39, 0.29) is 68.0 Å². The maximum Gasteiger partial charge on any atom is 0.338 e. The minimum Gasteiger partial charge on any atom is -0.462 e. The maximum atomic E-state index is 14.1. The van der Waals surface area contributed by atoms with Crippen molar-refractivity contribution in [2.75, 3.05) is 17.2 Å². The molecule has 0 spiro atoms. The van der Waals surface area contributed by atoms with Crippen LogP contribution < -0.4 is 16.1 Å². The van der Waals surface area contributed by atoms with Crippen molar-refractivity contribution in [1.29, 1.82) is 0 Å². The standard InChI is InChI=1S/C38H37N3O9/c1-5-8-16-38(17-9-6-2)32(43)24-14-15-25-29(42)26-18-21(36(47)49-7-3)19-27(30(26)50-31(25)28(24)40-37(38)48)39-33(44)20(4)41-34(45)22-12-10-11-13-23(22)35(41)46/h10-15,18-20H,5-9,16-17H2,1-4H3,(H,39,44)(H,40,48)/t20-/m0/s1. The van der Waals surface area contributed by atoms with Crippen molar-refractivity contribution in [2.45, 2.75) is 72.3 Å². The van der Waals surface area contributed by atoms with Gasteiger partial charge in [-0.3, -0.25) is 33.7 Å². The topological polar surface area (TPSA) is 169 Å². The van der Waals surface area contributed by atoms with E-state index in [4.69, 9.17) is 9.15 Å². The number of imide groups is 1. The summed E-state index contributed by atoms with van der Waals surface area (Å²) in [5.74, 6) is -3.66. The molecule has 0 saturated heterocycles. The molecule has 2 aliphatic heterocycles. The molecule has 3 aromatic carbocycles. The first-order valence-electron chi connectivity index (χ1n) is 16.9. The maximum absolute atomic E-state index is 14.1. The molecule has 0 unspecified atom stereocenters. The molecule has 50 heavy (non-hydrogen) atoms. The van der Waals surface area contributed by atoms with Crippen LogP contribution in [-0.4, -0.2) is 52.9 Å². The predicted molar refractivity (Wildman–Crippen MR) is 185 cm³/mol. The smallest absolute Gasteiger partial charge is 0.338 e. The van der Waals surface area contributed by atoms with Gasteiger partial charge in [0.15, 0.2) is 16.9 Å². The van der Waals surface area contributed by atoms with E-state index in [0.717, 1.165) is 17.7 Å². The van der Waals surface area contributed by atoms with E-state index in [9.17, 15) is 33.6 Å². The van der Waals surface area contributed by atoms with Crippen molar-refractivity contribution < 1.29 is 37.9 Å². The number of carbonyl (C=O) groups excluding carboxylic acids is 6. The Morgan fingerprint density at radius 1 is 0.860 bits per heavy atom. The Labute approximate surface area is 287 Å². The van der Waals surface area contributed by atoms with Gasteiger partial charge in [-0.1, -0.05) is 51.7 Å². The number of unbranched alkanes of at least 4 members (excludes halogenated alkanes) is 2. The Balaban J connectivity index is 1.48. The normalized spacial score (nSPS) is 15.6. The van der Waals surface area contributed by atoms with Crippen LogP contribution in [-0.2, 0) is 14.3 Å². The van der Waals surface area contributed by atoms with Gasteiger partial charge in [-0.05, 0) is 63.1 Å². The quantitative estimate of drug-likeness (QED) is 0.0806. The SMILES string of the molecule is CCCCC1(CCCC)C(=O)Nc2c(ccc3c(=O)c4cc(C(=O)OCC)cc(NC(=O)[C@H](C)N5C(=O)c6ccccc6C5=O)c4oc23)C1=O. The van der Waals surface area contributed by atoms with Crippen LogP contribution in [0.4, 0.5) is 11.4 Å². The van der Waals surface area contributed by atoms with Gasteiger partial charge in [0.2, 0.25) is 17.2 Å². The number of benzene rings is 3. The summed E-state index contributed by atoms with van der Waals surface area (Å²) in [5, 5.41) is 5.47. The van der Waals surface area contributed by atoms with Crippen molar-refractivity contribution in [1.82, 2.24) is 4.90 Å². The molecule has 4 amide bonds. The summed E-state index contributed by atoms with van der Waals surface area (Å²) in [6.07, 6.45) is 3.71. The highest BCUT2D eigenvalue weighted by Crippen LogP contribution is 2.44. The first-order chi connectivity index (χ1) is 24.0.